The van der Waals surface area contributed by atoms with Crippen LogP contribution in [0.2, 0.25) is 0 Å². The van der Waals surface area contributed by atoms with Crippen molar-refractivity contribution in [1.29, 1.82) is 0 Å². The molecule has 17 heavy (non-hydrogen) atoms. The van der Waals surface area contributed by atoms with Gasteiger partial charge in [0.05, 0.1) is 7.11 Å². The van der Waals surface area contributed by atoms with Crippen LogP contribution in [-0.4, -0.2) is 20.2 Å². The monoisotopic (exact) mass is 239 g/mol. The Labute approximate surface area is 103 Å². The molecule has 0 aliphatic carbocycles. The number of benzene rings is 1. The summed E-state index contributed by atoms with van der Waals surface area (Å²) in [5.41, 5.74) is 0.732. The van der Waals surface area contributed by atoms with Gasteiger partial charge in [-0.2, -0.15) is 0 Å². The van der Waals surface area contributed by atoms with E-state index in [2.05, 4.69) is 19.2 Å². The Morgan fingerprint density at radius 2 is 2.12 bits per heavy atom. The first-order chi connectivity index (χ1) is 8.15. The lowest BCUT2D eigenvalue weighted by Crippen LogP contribution is -2.21. The van der Waals surface area contributed by atoms with E-state index in [9.17, 15) is 4.39 Å². The minimum absolute atomic E-state index is 0.223. The molecule has 0 spiro atoms. The number of ether oxygens (including phenoxy) is 1. The van der Waals surface area contributed by atoms with E-state index >= 15 is 0 Å². The Hall–Kier alpha value is -1.09. The number of aryl methyl sites for hydroxylation is 1. The van der Waals surface area contributed by atoms with Crippen LogP contribution in [-0.2, 0) is 6.42 Å². The highest BCUT2D eigenvalue weighted by molar-refractivity contribution is 5.31. The molecule has 0 aromatic heterocycles. The Bertz CT molecular complexity index is 339. The van der Waals surface area contributed by atoms with E-state index in [4.69, 9.17) is 4.74 Å². The zero-order chi connectivity index (χ0) is 12.7. The summed E-state index contributed by atoms with van der Waals surface area (Å²) in [5.74, 6) is 0.764. The minimum Gasteiger partial charge on any atom is -0.494 e. The van der Waals surface area contributed by atoms with Gasteiger partial charge in [0, 0.05) is 0 Å². The van der Waals surface area contributed by atoms with Crippen molar-refractivity contribution in [2.75, 3.05) is 20.2 Å². The van der Waals surface area contributed by atoms with E-state index in [0.29, 0.717) is 11.7 Å². The maximum absolute atomic E-state index is 13.8. The lowest BCUT2D eigenvalue weighted by Gasteiger charge is -2.09. The molecule has 2 nitrogen and oxygen atoms in total. The molecule has 0 aliphatic heterocycles. The summed E-state index contributed by atoms with van der Waals surface area (Å²) >= 11 is 0. The highest BCUT2D eigenvalue weighted by Crippen LogP contribution is 2.20. The zero-order valence-electron chi connectivity index (χ0n) is 10.9. The van der Waals surface area contributed by atoms with Gasteiger partial charge in [0.2, 0.25) is 0 Å². The van der Waals surface area contributed by atoms with Gasteiger partial charge < -0.3 is 10.1 Å². The van der Waals surface area contributed by atoms with Gasteiger partial charge in [0.1, 0.15) is 0 Å². The van der Waals surface area contributed by atoms with Crippen molar-refractivity contribution < 1.29 is 9.13 Å². The molecule has 1 rings (SSSR count). The average Bonchev–Trinajstić information content (AvgIpc) is 2.30. The fraction of sp³-hybridized carbons (Fsp3) is 0.571. The van der Waals surface area contributed by atoms with Gasteiger partial charge in [-0.1, -0.05) is 26.0 Å². The number of rotatable bonds is 7. The van der Waals surface area contributed by atoms with Gasteiger partial charge in [-0.15, -0.1) is 0 Å². The lowest BCUT2D eigenvalue weighted by molar-refractivity contribution is 0.384. The molecule has 0 unspecified atom stereocenters. The zero-order valence-corrected chi connectivity index (χ0v) is 10.9. The van der Waals surface area contributed by atoms with Gasteiger partial charge in [-0.3, -0.25) is 0 Å². The molecule has 1 N–H and O–H groups in total. The molecule has 1 aromatic carbocycles. The van der Waals surface area contributed by atoms with Crippen LogP contribution in [0.25, 0.3) is 0 Å². The first kappa shape index (κ1) is 14.0. The number of nitrogens with one attached hydrogen (secondary N) is 1. The van der Waals surface area contributed by atoms with Crippen molar-refractivity contribution >= 4 is 0 Å². The summed E-state index contributed by atoms with van der Waals surface area (Å²) in [4.78, 5) is 0. The van der Waals surface area contributed by atoms with Crippen LogP contribution in [0.5, 0.6) is 5.75 Å². The maximum Gasteiger partial charge on any atom is 0.168 e. The SMILES string of the molecule is COc1cccc(CCCNCC(C)C)c1F. The Morgan fingerprint density at radius 3 is 2.76 bits per heavy atom. The van der Waals surface area contributed by atoms with Crippen LogP contribution in [0, 0.1) is 11.7 Å². The second-order valence-corrected chi connectivity index (χ2v) is 4.63. The van der Waals surface area contributed by atoms with E-state index in [0.717, 1.165) is 31.5 Å². The lowest BCUT2D eigenvalue weighted by atomic mass is 10.1. The topological polar surface area (TPSA) is 21.3 Å². The predicted molar refractivity (Wildman–Crippen MR) is 69.0 cm³/mol. The second kappa shape index (κ2) is 7.28. The fourth-order valence-electron chi connectivity index (χ4n) is 1.70. The standard InChI is InChI=1S/C14H22FNO/c1-11(2)10-16-9-5-7-12-6-4-8-13(17-3)14(12)15/h4,6,8,11,16H,5,7,9-10H2,1-3H3. The summed E-state index contributed by atoms with van der Waals surface area (Å²) in [6, 6.07) is 5.30. The van der Waals surface area contributed by atoms with Crippen molar-refractivity contribution in [3.05, 3.63) is 29.6 Å². The minimum atomic E-state index is -0.223. The van der Waals surface area contributed by atoms with Gasteiger partial charge in [-0.05, 0) is 43.5 Å². The molecule has 0 aliphatic rings. The maximum atomic E-state index is 13.8. The average molecular weight is 239 g/mol. The number of halogens is 1. The normalized spacial score (nSPS) is 10.9. The molecule has 3 heteroatoms. The fourth-order valence-corrected chi connectivity index (χ4v) is 1.70. The highest BCUT2D eigenvalue weighted by Gasteiger charge is 2.07. The summed E-state index contributed by atoms with van der Waals surface area (Å²) in [7, 11) is 1.49. The van der Waals surface area contributed by atoms with Crippen LogP contribution < -0.4 is 10.1 Å². The number of methoxy groups -OCH3 is 1. The van der Waals surface area contributed by atoms with E-state index in [1.54, 1.807) is 6.07 Å². The van der Waals surface area contributed by atoms with Gasteiger partial charge >= 0.3 is 0 Å². The smallest absolute Gasteiger partial charge is 0.168 e. The highest BCUT2D eigenvalue weighted by atomic mass is 19.1. The van der Waals surface area contributed by atoms with Crippen LogP contribution >= 0.6 is 0 Å². The quantitative estimate of drug-likeness (QED) is 0.738. The molecule has 0 saturated carbocycles. The first-order valence-corrected chi connectivity index (χ1v) is 6.17. The molecule has 0 amide bonds. The predicted octanol–water partition coefficient (Wildman–Crippen LogP) is 3.01. The van der Waals surface area contributed by atoms with Crippen molar-refractivity contribution in [3.8, 4) is 5.75 Å². The van der Waals surface area contributed by atoms with Gasteiger partial charge in [0.15, 0.2) is 11.6 Å². The molecular weight excluding hydrogens is 217 g/mol. The van der Waals surface area contributed by atoms with Crippen LogP contribution in [0.1, 0.15) is 25.8 Å². The number of hydrogen-bond donors (Lipinski definition) is 1. The molecule has 96 valence electrons. The van der Waals surface area contributed by atoms with Crippen LogP contribution in [0.15, 0.2) is 18.2 Å². The van der Waals surface area contributed by atoms with Crippen molar-refractivity contribution in [3.63, 3.8) is 0 Å². The molecule has 1 aromatic rings. The van der Waals surface area contributed by atoms with Crippen molar-refractivity contribution in [2.45, 2.75) is 26.7 Å². The van der Waals surface area contributed by atoms with E-state index in [1.165, 1.54) is 7.11 Å². The Kier molecular flexibility index (Phi) is 5.98. The molecule has 0 heterocycles. The van der Waals surface area contributed by atoms with Crippen molar-refractivity contribution in [1.82, 2.24) is 5.32 Å². The van der Waals surface area contributed by atoms with E-state index in [-0.39, 0.29) is 5.82 Å². The summed E-state index contributed by atoms with van der Waals surface area (Å²) < 4.78 is 18.7. The third-order valence-electron chi connectivity index (χ3n) is 2.62. The summed E-state index contributed by atoms with van der Waals surface area (Å²) in [6.45, 7) is 6.29. The first-order valence-electron chi connectivity index (χ1n) is 6.17. The molecule has 0 bridgehead atoms. The van der Waals surface area contributed by atoms with Gasteiger partial charge in [-0.25, -0.2) is 4.39 Å². The Morgan fingerprint density at radius 1 is 1.35 bits per heavy atom. The molecule has 0 radical (unpaired) electrons. The Balaban J connectivity index is 2.36. The molecule has 0 fully saturated rings. The van der Waals surface area contributed by atoms with Crippen molar-refractivity contribution in [2.24, 2.45) is 5.92 Å². The third-order valence-corrected chi connectivity index (χ3v) is 2.62. The van der Waals surface area contributed by atoms with E-state index < -0.39 is 0 Å². The molecular formula is C14H22FNO. The second-order valence-electron chi connectivity index (χ2n) is 4.63. The van der Waals surface area contributed by atoms with E-state index in [1.807, 2.05) is 12.1 Å². The molecule has 0 saturated heterocycles. The third kappa shape index (κ3) is 4.73. The largest absolute Gasteiger partial charge is 0.494 e. The summed E-state index contributed by atoms with van der Waals surface area (Å²) in [5, 5.41) is 3.35. The van der Waals surface area contributed by atoms with Gasteiger partial charge in [0.25, 0.3) is 0 Å². The number of hydrogen-bond acceptors (Lipinski definition) is 2. The van der Waals surface area contributed by atoms with Crippen LogP contribution in [0.4, 0.5) is 4.39 Å². The molecule has 0 atom stereocenters. The summed E-state index contributed by atoms with van der Waals surface area (Å²) in [6.07, 6.45) is 1.69. The van der Waals surface area contributed by atoms with Crippen LogP contribution in [0.3, 0.4) is 0 Å².